The van der Waals surface area contributed by atoms with E-state index in [0.717, 1.165) is 23.6 Å². The zero-order chi connectivity index (χ0) is 20.6. The van der Waals surface area contributed by atoms with E-state index < -0.39 is 0 Å². The van der Waals surface area contributed by atoms with E-state index >= 15 is 0 Å². The van der Waals surface area contributed by atoms with E-state index in [1.54, 1.807) is 6.07 Å². The molecule has 1 aliphatic rings. The number of halogens is 1. The van der Waals surface area contributed by atoms with Crippen molar-refractivity contribution in [1.29, 1.82) is 0 Å². The molecule has 158 valence electrons. The van der Waals surface area contributed by atoms with Gasteiger partial charge < -0.3 is 24.8 Å². The molecule has 3 rings (SSSR count). The first-order valence-electron chi connectivity index (χ1n) is 10.2. The van der Waals surface area contributed by atoms with Gasteiger partial charge in [-0.15, -0.1) is 0 Å². The summed E-state index contributed by atoms with van der Waals surface area (Å²) in [6.45, 7) is 10.4. The molecule has 8 heteroatoms. The van der Waals surface area contributed by atoms with Crippen LogP contribution in [0.2, 0.25) is 0 Å². The van der Waals surface area contributed by atoms with Crippen LogP contribution in [0.5, 0.6) is 0 Å². The van der Waals surface area contributed by atoms with Gasteiger partial charge in [0.15, 0.2) is 11.7 Å². The molecule has 0 radical (unpaired) electrons. The third kappa shape index (κ3) is 5.93. The smallest absolute Gasteiger partial charge is 0.191 e. The minimum Gasteiger partial charge on any atom is -0.378 e. The van der Waals surface area contributed by atoms with Crippen LogP contribution in [-0.4, -0.2) is 44.0 Å². The van der Waals surface area contributed by atoms with Crippen molar-refractivity contribution >= 4 is 11.6 Å². The number of nitrogens with one attached hydrogen (secondary N) is 2. The number of aromatic nitrogens is 1. The van der Waals surface area contributed by atoms with Crippen LogP contribution in [0.3, 0.4) is 0 Å². The van der Waals surface area contributed by atoms with Crippen molar-refractivity contribution in [3.8, 4) is 0 Å². The monoisotopic (exact) mass is 403 g/mol. The zero-order valence-electron chi connectivity index (χ0n) is 17.4. The minimum absolute atomic E-state index is 0.222. The number of benzene rings is 1. The number of rotatable bonds is 7. The molecule has 0 aliphatic carbocycles. The van der Waals surface area contributed by atoms with Crippen molar-refractivity contribution in [3.63, 3.8) is 0 Å². The van der Waals surface area contributed by atoms with E-state index in [1.165, 1.54) is 0 Å². The number of anilines is 1. The Morgan fingerprint density at radius 2 is 2.03 bits per heavy atom. The first-order chi connectivity index (χ1) is 14.1. The predicted molar refractivity (Wildman–Crippen MR) is 112 cm³/mol. The molecule has 0 amide bonds. The van der Waals surface area contributed by atoms with Gasteiger partial charge in [0.25, 0.3) is 0 Å². The molecule has 0 saturated carbocycles. The maximum Gasteiger partial charge on any atom is 0.191 e. The van der Waals surface area contributed by atoms with Gasteiger partial charge in [-0.05, 0) is 30.5 Å². The van der Waals surface area contributed by atoms with Crippen LogP contribution in [0.15, 0.2) is 33.8 Å². The van der Waals surface area contributed by atoms with Gasteiger partial charge >= 0.3 is 0 Å². The SMILES string of the molecule is CCNC(=NCc1ccc(N2CCOCC2)c(F)c1)NCc1cc(C(C)C)no1. The van der Waals surface area contributed by atoms with Gasteiger partial charge in [0.1, 0.15) is 5.82 Å². The number of hydrogen-bond acceptors (Lipinski definition) is 5. The molecule has 1 aliphatic heterocycles. The lowest BCUT2D eigenvalue weighted by molar-refractivity contribution is 0.122. The maximum atomic E-state index is 14.6. The van der Waals surface area contributed by atoms with Crippen molar-refractivity contribution in [2.45, 2.75) is 39.8 Å². The lowest BCUT2D eigenvalue weighted by Gasteiger charge is -2.29. The quantitative estimate of drug-likeness (QED) is 0.547. The Hall–Kier alpha value is -2.61. The Kier molecular flexibility index (Phi) is 7.46. The second-order valence-corrected chi connectivity index (χ2v) is 7.31. The highest BCUT2D eigenvalue weighted by atomic mass is 19.1. The highest BCUT2D eigenvalue weighted by Crippen LogP contribution is 2.22. The van der Waals surface area contributed by atoms with Crippen LogP contribution >= 0.6 is 0 Å². The fraction of sp³-hybridized carbons (Fsp3) is 0.524. The maximum absolute atomic E-state index is 14.6. The molecular formula is C21H30FN5O2. The molecule has 2 N–H and O–H groups in total. The fourth-order valence-electron chi connectivity index (χ4n) is 3.08. The predicted octanol–water partition coefficient (Wildman–Crippen LogP) is 3.03. The molecule has 0 atom stereocenters. The Bertz CT molecular complexity index is 815. The zero-order valence-corrected chi connectivity index (χ0v) is 17.4. The van der Waals surface area contributed by atoms with Gasteiger partial charge in [-0.1, -0.05) is 25.1 Å². The van der Waals surface area contributed by atoms with Crippen LogP contribution in [-0.2, 0) is 17.8 Å². The largest absolute Gasteiger partial charge is 0.378 e. The number of hydrogen-bond donors (Lipinski definition) is 2. The van der Waals surface area contributed by atoms with Gasteiger partial charge in [-0.3, -0.25) is 0 Å². The second-order valence-electron chi connectivity index (χ2n) is 7.31. The van der Waals surface area contributed by atoms with Crippen LogP contribution in [0, 0.1) is 5.82 Å². The molecule has 1 aromatic heterocycles. The fourth-order valence-corrected chi connectivity index (χ4v) is 3.08. The summed E-state index contributed by atoms with van der Waals surface area (Å²) in [4.78, 5) is 6.57. The molecule has 0 spiro atoms. The van der Waals surface area contributed by atoms with Gasteiger partial charge in [0, 0.05) is 25.7 Å². The second kappa shape index (κ2) is 10.2. The Morgan fingerprint density at radius 1 is 1.24 bits per heavy atom. The number of nitrogens with zero attached hydrogens (tertiary/aromatic N) is 3. The summed E-state index contributed by atoms with van der Waals surface area (Å²) in [5.74, 6) is 1.50. The molecule has 7 nitrogen and oxygen atoms in total. The van der Waals surface area contributed by atoms with E-state index in [1.807, 2.05) is 30.0 Å². The molecule has 1 fully saturated rings. The number of ether oxygens (including phenoxy) is 1. The third-order valence-electron chi connectivity index (χ3n) is 4.73. The average Bonchev–Trinajstić information content (AvgIpc) is 3.20. The third-order valence-corrected chi connectivity index (χ3v) is 4.73. The average molecular weight is 404 g/mol. The lowest BCUT2D eigenvalue weighted by Crippen LogP contribution is -2.37. The normalized spacial score (nSPS) is 15.1. The summed E-state index contributed by atoms with van der Waals surface area (Å²) in [5, 5.41) is 10.5. The topological polar surface area (TPSA) is 74.9 Å². The van der Waals surface area contributed by atoms with Gasteiger partial charge in [-0.2, -0.15) is 0 Å². The van der Waals surface area contributed by atoms with E-state index in [4.69, 9.17) is 9.26 Å². The van der Waals surface area contributed by atoms with Crippen molar-refractivity contribution in [2.75, 3.05) is 37.7 Å². The Labute approximate surface area is 171 Å². The standard InChI is InChI=1S/C21H30FN5O2/c1-4-23-21(25-14-17-12-19(15(2)3)26-29-17)24-13-16-5-6-20(18(22)11-16)27-7-9-28-10-8-27/h5-6,11-12,15H,4,7-10,13-14H2,1-3H3,(H2,23,24,25). The van der Waals surface area contributed by atoms with E-state index in [2.05, 4.69) is 34.6 Å². The van der Waals surface area contributed by atoms with Crippen LogP contribution in [0.25, 0.3) is 0 Å². The Balaban J connectivity index is 1.60. The summed E-state index contributed by atoms with van der Waals surface area (Å²) in [7, 11) is 0. The molecule has 0 bridgehead atoms. The minimum atomic E-state index is -0.222. The van der Waals surface area contributed by atoms with Gasteiger partial charge in [-0.25, -0.2) is 9.38 Å². The van der Waals surface area contributed by atoms with Crippen molar-refractivity contribution < 1.29 is 13.7 Å². The molecule has 2 aromatic rings. The van der Waals surface area contributed by atoms with Crippen LogP contribution in [0.4, 0.5) is 10.1 Å². The van der Waals surface area contributed by atoms with E-state index in [0.29, 0.717) is 57.0 Å². The summed E-state index contributed by atoms with van der Waals surface area (Å²) in [6, 6.07) is 7.25. The highest BCUT2D eigenvalue weighted by Gasteiger charge is 2.15. The van der Waals surface area contributed by atoms with Crippen LogP contribution < -0.4 is 15.5 Å². The molecule has 1 saturated heterocycles. The summed E-state index contributed by atoms with van der Waals surface area (Å²) in [6.07, 6.45) is 0. The molecule has 29 heavy (non-hydrogen) atoms. The van der Waals surface area contributed by atoms with Crippen molar-refractivity contribution in [1.82, 2.24) is 15.8 Å². The van der Waals surface area contributed by atoms with Gasteiger partial charge in [0.05, 0.1) is 37.7 Å². The number of morpholine rings is 1. The van der Waals surface area contributed by atoms with Crippen LogP contribution in [0.1, 0.15) is 43.7 Å². The van der Waals surface area contributed by atoms with E-state index in [-0.39, 0.29) is 5.82 Å². The molecule has 0 unspecified atom stereocenters. The first kappa shape index (κ1) is 21.1. The summed E-state index contributed by atoms with van der Waals surface area (Å²) < 4.78 is 25.2. The number of guanidine groups is 1. The van der Waals surface area contributed by atoms with Crippen molar-refractivity contribution in [2.24, 2.45) is 4.99 Å². The lowest BCUT2D eigenvalue weighted by atomic mass is 10.1. The molecular weight excluding hydrogens is 373 g/mol. The summed E-state index contributed by atoms with van der Waals surface area (Å²) in [5.41, 5.74) is 2.37. The summed E-state index contributed by atoms with van der Waals surface area (Å²) >= 11 is 0. The highest BCUT2D eigenvalue weighted by molar-refractivity contribution is 5.79. The molecule has 2 heterocycles. The Morgan fingerprint density at radius 3 is 2.69 bits per heavy atom. The molecule has 1 aromatic carbocycles. The van der Waals surface area contributed by atoms with E-state index in [9.17, 15) is 4.39 Å². The first-order valence-corrected chi connectivity index (χ1v) is 10.2. The van der Waals surface area contributed by atoms with Gasteiger partial charge in [0.2, 0.25) is 0 Å². The van der Waals surface area contributed by atoms with Crippen molar-refractivity contribution in [3.05, 3.63) is 47.1 Å². The number of aliphatic imine (C=N–C) groups is 1.